The molecule has 106 valence electrons. The molecule has 2 N–H and O–H groups in total. The summed E-state index contributed by atoms with van der Waals surface area (Å²) in [5.74, 6) is 0. The Morgan fingerprint density at radius 1 is 1.33 bits per heavy atom. The second-order valence-corrected chi connectivity index (χ2v) is 5.72. The van der Waals surface area contributed by atoms with Gasteiger partial charge in [-0.05, 0) is 47.5 Å². The van der Waals surface area contributed by atoms with Crippen LogP contribution < -0.4 is 10.6 Å². The minimum absolute atomic E-state index is 0.220. The number of carbonyl (C=O) groups excluding carboxylic acids is 1. The second kappa shape index (κ2) is 8.14. The molecular weight excluding hydrogens is 228 g/mol. The van der Waals surface area contributed by atoms with Crippen LogP contribution in [0.15, 0.2) is 12.7 Å². The van der Waals surface area contributed by atoms with E-state index in [9.17, 15) is 4.79 Å². The maximum absolute atomic E-state index is 11.4. The molecule has 0 saturated carbocycles. The van der Waals surface area contributed by atoms with Gasteiger partial charge in [0.05, 0.1) is 0 Å². The molecule has 0 aliphatic heterocycles. The summed E-state index contributed by atoms with van der Waals surface area (Å²) in [7, 11) is 0. The van der Waals surface area contributed by atoms with Crippen LogP contribution in [0.1, 0.15) is 47.5 Å². The first-order chi connectivity index (χ1) is 8.24. The van der Waals surface area contributed by atoms with Gasteiger partial charge in [0.15, 0.2) is 0 Å². The van der Waals surface area contributed by atoms with Gasteiger partial charge in [-0.1, -0.05) is 6.08 Å². The average molecular weight is 256 g/mol. The van der Waals surface area contributed by atoms with E-state index in [1.807, 2.05) is 33.8 Å². The predicted octanol–water partition coefficient (Wildman–Crippen LogP) is 2.84. The molecule has 0 fully saturated rings. The van der Waals surface area contributed by atoms with Crippen molar-refractivity contribution in [3.63, 3.8) is 0 Å². The lowest BCUT2D eigenvalue weighted by Crippen LogP contribution is -2.44. The molecular formula is C14H28N2O2. The molecule has 0 heterocycles. The minimum Gasteiger partial charge on any atom is -0.444 e. The van der Waals surface area contributed by atoms with Crippen molar-refractivity contribution in [1.82, 2.24) is 10.6 Å². The van der Waals surface area contributed by atoms with E-state index in [2.05, 4.69) is 24.1 Å². The summed E-state index contributed by atoms with van der Waals surface area (Å²) >= 11 is 0. The Morgan fingerprint density at radius 2 is 1.94 bits per heavy atom. The maximum atomic E-state index is 11.4. The van der Waals surface area contributed by atoms with Crippen LogP contribution in [-0.4, -0.2) is 30.3 Å². The molecule has 0 aromatic carbocycles. The average Bonchev–Trinajstić information content (AvgIpc) is 2.21. The molecule has 0 saturated heterocycles. The van der Waals surface area contributed by atoms with Crippen molar-refractivity contribution in [2.24, 2.45) is 0 Å². The topological polar surface area (TPSA) is 50.4 Å². The van der Waals surface area contributed by atoms with Crippen LogP contribution in [0.2, 0.25) is 0 Å². The Morgan fingerprint density at radius 3 is 2.44 bits per heavy atom. The summed E-state index contributed by atoms with van der Waals surface area (Å²) in [6, 6.07) is 0.635. The van der Waals surface area contributed by atoms with Crippen LogP contribution in [0.3, 0.4) is 0 Å². The first-order valence-electron chi connectivity index (χ1n) is 6.58. The molecule has 0 bridgehead atoms. The van der Waals surface area contributed by atoms with Gasteiger partial charge in [0, 0.05) is 18.6 Å². The third kappa shape index (κ3) is 10.1. The molecule has 2 unspecified atom stereocenters. The molecule has 18 heavy (non-hydrogen) atoms. The van der Waals surface area contributed by atoms with Gasteiger partial charge in [0.25, 0.3) is 0 Å². The lowest BCUT2D eigenvalue weighted by atomic mass is 10.1. The van der Waals surface area contributed by atoms with Crippen LogP contribution in [0.25, 0.3) is 0 Å². The standard InChI is InChI=1S/C14H28N2O2/c1-7-8-9-11(2)16-12(3)10-15-13(17)18-14(4,5)6/h7,11-12,16H,1,8-10H2,2-6H3,(H,15,17). The van der Waals surface area contributed by atoms with Gasteiger partial charge < -0.3 is 15.4 Å². The van der Waals surface area contributed by atoms with Crippen molar-refractivity contribution in [2.45, 2.75) is 65.1 Å². The first kappa shape index (κ1) is 17.0. The minimum atomic E-state index is -0.446. The van der Waals surface area contributed by atoms with E-state index in [1.165, 1.54) is 0 Å². The SMILES string of the molecule is C=CCCC(C)NC(C)CNC(=O)OC(C)(C)C. The van der Waals surface area contributed by atoms with E-state index in [0.29, 0.717) is 12.6 Å². The summed E-state index contributed by atoms with van der Waals surface area (Å²) in [6.45, 7) is 14.0. The third-order valence-corrected chi connectivity index (χ3v) is 2.32. The van der Waals surface area contributed by atoms with E-state index >= 15 is 0 Å². The predicted molar refractivity (Wildman–Crippen MR) is 75.7 cm³/mol. The van der Waals surface area contributed by atoms with Gasteiger partial charge in [-0.2, -0.15) is 0 Å². The Bertz CT molecular complexity index is 259. The highest BCUT2D eigenvalue weighted by molar-refractivity contribution is 5.67. The van der Waals surface area contributed by atoms with Gasteiger partial charge in [-0.3, -0.25) is 0 Å². The Kier molecular flexibility index (Phi) is 7.67. The Balaban J connectivity index is 3.79. The molecule has 0 aliphatic rings. The zero-order valence-electron chi connectivity index (χ0n) is 12.4. The fourth-order valence-corrected chi connectivity index (χ4v) is 1.55. The monoisotopic (exact) mass is 256 g/mol. The van der Waals surface area contributed by atoms with Gasteiger partial charge in [0.2, 0.25) is 0 Å². The highest BCUT2D eigenvalue weighted by Gasteiger charge is 2.16. The van der Waals surface area contributed by atoms with Crippen molar-refractivity contribution in [3.05, 3.63) is 12.7 Å². The normalized spacial score (nSPS) is 14.7. The number of hydrogen-bond donors (Lipinski definition) is 2. The van der Waals surface area contributed by atoms with Gasteiger partial charge in [0.1, 0.15) is 5.60 Å². The molecule has 4 nitrogen and oxygen atoms in total. The number of carbonyl (C=O) groups is 1. The number of nitrogens with one attached hydrogen (secondary N) is 2. The second-order valence-electron chi connectivity index (χ2n) is 5.72. The number of rotatable bonds is 7. The van der Waals surface area contributed by atoms with Gasteiger partial charge >= 0.3 is 6.09 Å². The molecule has 0 aromatic heterocycles. The molecule has 0 radical (unpaired) electrons. The molecule has 0 aromatic rings. The molecule has 4 heteroatoms. The van der Waals surface area contributed by atoms with Crippen LogP contribution in [0.4, 0.5) is 4.79 Å². The highest BCUT2D eigenvalue weighted by Crippen LogP contribution is 2.06. The molecule has 0 aliphatic carbocycles. The van der Waals surface area contributed by atoms with Gasteiger partial charge in [-0.25, -0.2) is 4.79 Å². The molecule has 0 rings (SSSR count). The quantitative estimate of drug-likeness (QED) is 0.689. The smallest absolute Gasteiger partial charge is 0.407 e. The van der Waals surface area contributed by atoms with Crippen LogP contribution in [0, 0.1) is 0 Å². The van der Waals surface area contributed by atoms with E-state index < -0.39 is 5.60 Å². The number of amides is 1. The molecule has 2 atom stereocenters. The third-order valence-electron chi connectivity index (χ3n) is 2.32. The summed E-state index contributed by atoms with van der Waals surface area (Å²) in [5.41, 5.74) is -0.446. The summed E-state index contributed by atoms with van der Waals surface area (Å²) in [6.07, 6.45) is 3.61. The highest BCUT2D eigenvalue weighted by atomic mass is 16.6. The summed E-state index contributed by atoms with van der Waals surface area (Å²) in [5, 5.41) is 6.17. The van der Waals surface area contributed by atoms with Crippen molar-refractivity contribution in [2.75, 3.05) is 6.54 Å². The first-order valence-corrected chi connectivity index (χ1v) is 6.58. The van der Waals surface area contributed by atoms with Crippen LogP contribution in [-0.2, 0) is 4.74 Å². The lowest BCUT2D eigenvalue weighted by molar-refractivity contribution is 0.0522. The van der Waals surface area contributed by atoms with E-state index in [4.69, 9.17) is 4.74 Å². The number of allylic oxidation sites excluding steroid dienone is 1. The number of ether oxygens (including phenoxy) is 1. The van der Waals surface area contributed by atoms with Crippen molar-refractivity contribution >= 4 is 6.09 Å². The number of hydrogen-bond acceptors (Lipinski definition) is 3. The number of alkyl carbamates (subject to hydrolysis) is 1. The zero-order valence-corrected chi connectivity index (χ0v) is 12.4. The summed E-state index contributed by atoms with van der Waals surface area (Å²) < 4.78 is 5.17. The van der Waals surface area contributed by atoms with Crippen LogP contribution >= 0.6 is 0 Å². The van der Waals surface area contributed by atoms with Crippen molar-refractivity contribution < 1.29 is 9.53 Å². The fourth-order valence-electron chi connectivity index (χ4n) is 1.55. The molecule has 1 amide bonds. The van der Waals surface area contributed by atoms with Crippen molar-refractivity contribution in [1.29, 1.82) is 0 Å². The Labute approximate surface area is 111 Å². The largest absolute Gasteiger partial charge is 0.444 e. The van der Waals surface area contributed by atoms with E-state index in [0.717, 1.165) is 12.8 Å². The fraction of sp³-hybridized carbons (Fsp3) is 0.786. The van der Waals surface area contributed by atoms with Crippen LogP contribution in [0.5, 0.6) is 0 Å². The van der Waals surface area contributed by atoms with E-state index in [-0.39, 0.29) is 12.1 Å². The van der Waals surface area contributed by atoms with Crippen molar-refractivity contribution in [3.8, 4) is 0 Å². The lowest BCUT2D eigenvalue weighted by Gasteiger charge is -2.22. The maximum Gasteiger partial charge on any atom is 0.407 e. The summed E-state index contributed by atoms with van der Waals surface area (Å²) in [4.78, 5) is 11.4. The molecule has 0 spiro atoms. The van der Waals surface area contributed by atoms with E-state index in [1.54, 1.807) is 0 Å². The zero-order chi connectivity index (χ0) is 14.2. The Hall–Kier alpha value is -1.03. The van der Waals surface area contributed by atoms with Gasteiger partial charge in [-0.15, -0.1) is 6.58 Å².